The predicted octanol–water partition coefficient (Wildman–Crippen LogP) is 4.95. The Bertz CT molecular complexity index is 1480. The molecule has 37 heavy (non-hydrogen) atoms. The van der Waals surface area contributed by atoms with Gasteiger partial charge in [0.05, 0.1) is 17.7 Å². The Morgan fingerprint density at radius 1 is 1.03 bits per heavy atom. The first-order chi connectivity index (χ1) is 17.6. The van der Waals surface area contributed by atoms with Crippen LogP contribution in [0.2, 0.25) is 0 Å². The second-order valence-electron chi connectivity index (χ2n) is 10.0. The number of hydrogen-bond donors (Lipinski definition) is 0. The maximum absolute atomic E-state index is 14.9. The van der Waals surface area contributed by atoms with E-state index in [1.165, 1.54) is 4.57 Å². The Labute approximate surface area is 207 Å². The number of aromatic nitrogens is 2. The van der Waals surface area contributed by atoms with Crippen molar-refractivity contribution in [3.8, 4) is 16.9 Å². The number of benzene rings is 2. The van der Waals surface area contributed by atoms with Gasteiger partial charge in [0.2, 0.25) is 0 Å². The molecule has 6 nitrogen and oxygen atoms in total. The van der Waals surface area contributed by atoms with Crippen molar-refractivity contribution in [3.05, 3.63) is 51.9 Å². The fraction of sp³-hybridized carbons (Fsp3) is 0.423. The van der Waals surface area contributed by atoms with Gasteiger partial charge < -0.3 is 9.64 Å². The first-order valence-electron chi connectivity index (χ1n) is 12.1. The number of carbonyl (C=O) groups excluding carboxylic acids is 1. The molecular weight excluding hydrogens is 497 g/mol. The number of ketones is 1. The van der Waals surface area contributed by atoms with Gasteiger partial charge in [-0.15, -0.1) is 0 Å². The van der Waals surface area contributed by atoms with Crippen molar-refractivity contribution in [2.45, 2.75) is 38.4 Å². The molecule has 0 radical (unpaired) electrons. The molecule has 2 aromatic carbocycles. The maximum atomic E-state index is 14.9. The number of fused-ring (bicyclic) bond motifs is 2. The molecule has 1 saturated heterocycles. The number of Topliss-reactive ketones (excluding diaryl/α,β-unsaturated/α-hetero) is 1. The zero-order valence-electron chi connectivity index (χ0n) is 19.6. The highest BCUT2D eigenvalue weighted by Gasteiger charge is 2.40. The number of halogens is 5. The standard InChI is InChI=1S/C26H22F5N3O3/c27-15-2-3-17(20(28)9-15)21-19(26(29,30)31)10-18-22-23(21)37-5-1-4-34(22)25(36)32-24(18)33-11-13-6-14(12-33)8-16(35)7-13/h2-3,9-10,13-14H,1,4-8,11-12H2. The second kappa shape index (κ2) is 8.53. The van der Waals surface area contributed by atoms with E-state index < -0.39 is 40.2 Å². The first-order valence-corrected chi connectivity index (χ1v) is 12.1. The summed E-state index contributed by atoms with van der Waals surface area (Å²) in [6.07, 6.45) is -2.98. The van der Waals surface area contributed by atoms with Crippen LogP contribution in [0.3, 0.4) is 0 Å². The highest BCUT2D eigenvalue weighted by Crippen LogP contribution is 2.49. The summed E-state index contributed by atoms with van der Waals surface area (Å²) in [6.45, 7) is 0.935. The topological polar surface area (TPSA) is 64.4 Å². The summed E-state index contributed by atoms with van der Waals surface area (Å²) >= 11 is 0. The molecule has 3 aliphatic rings. The number of carbonyl (C=O) groups is 1. The monoisotopic (exact) mass is 519 g/mol. The Kier molecular flexibility index (Phi) is 5.50. The molecule has 1 aromatic heterocycles. The van der Waals surface area contributed by atoms with Gasteiger partial charge in [0, 0.05) is 55.1 Å². The molecule has 2 bridgehead atoms. The zero-order chi connectivity index (χ0) is 26.1. The van der Waals surface area contributed by atoms with E-state index in [1.54, 1.807) is 4.90 Å². The third-order valence-corrected chi connectivity index (χ3v) is 7.43. The number of aryl methyl sites for hydroxylation is 1. The van der Waals surface area contributed by atoms with Gasteiger partial charge in [-0.1, -0.05) is 0 Å². The molecule has 0 N–H and O–H groups in total. The molecule has 0 amide bonds. The minimum absolute atomic E-state index is 0.00134. The minimum atomic E-state index is -4.92. The van der Waals surface area contributed by atoms with Crippen LogP contribution in [0.25, 0.3) is 22.0 Å². The number of ether oxygens (including phenoxy) is 1. The Morgan fingerprint density at radius 3 is 2.43 bits per heavy atom. The van der Waals surface area contributed by atoms with E-state index in [0.717, 1.165) is 24.6 Å². The van der Waals surface area contributed by atoms with Crippen LogP contribution in [-0.2, 0) is 17.5 Å². The van der Waals surface area contributed by atoms with Crippen molar-refractivity contribution in [3.63, 3.8) is 0 Å². The van der Waals surface area contributed by atoms with Crippen LogP contribution < -0.4 is 15.3 Å². The van der Waals surface area contributed by atoms with Crippen molar-refractivity contribution < 1.29 is 31.5 Å². The molecule has 3 heterocycles. The molecule has 2 aliphatic heterocycles. The highest BCUT2D eigenvalue weighted by atomic mass is 19.4. The van der Waals surface area contributed by atoms with Gasteiger partial charge in [-0.25, -0.2) is 13.6 Å². The summed E-state index contributed by atoms with van der Waals surface area (Å²) < 4.78 is 79.1. The van der Waals surface area contributed by atoms with Crippen molar-refractivity contribution >= 4 is 22.5 Å². The van der Waals surface area contributed by atoms with Crippen LogP contribution in [0, 0.1) is 23.5 Å². The van der Waals surface area contributed by atoms with E-state index in [2.05, 4.69) is 4.98 Å². The first kappa shape index (κ1) is 23.9. The van der Waals surface area contributed by atoms with Crippen molar-refractivity contribution in [1.82, 2.24) is 9.55 Å². The van der Waals surface area contributed by atoms with E-state index >= 15 is 0 Å². The Morgan fingerprint density at radius 2 is 1.76 bits per heavy atom. The third kappa shape index (κ3) is 4.04. The quantitative estimate of drug-likeness (QED) is 0.449. The van der Waals surface area contributed by atoms with Crippen LogP contribution in [0.5, 0.6) is 5.75 Å². The largest absolute Gasteiger partial charge is 0.491 e. The predicted molar refractivity (Wildman–Crippen MR) is 125 cm³/mol. The lowest BCUT2D eigenvalue weighted by Gasteiger charge is -2.41. The van der Waals surface area contributed by atoms with Gasteiger partial charge in [-0.05, 0) is 42.9 Å². The smallest absolute Gasteiger partial charge is 0.417 e. The zero-order valence-corrected chi connectivity index (χ0v) is 19.6. The lowest BCUT2D eigenvalue weighted by atomic mass is 9.77. The fourth-order valence-corrected chi connectivity index (χ4v) is 6.08. The highest BCUT2D eigenvalue weighted by molar-refractivity contribution is 6.00. The summed E-state index contributed by atoms with van der Waals surface area (Å²) in [7, 11) is 0. The van der Waals surface area contributed by atoms with Crippen LogP contribution in [0.15, 0.2) is 29.1 Å². The van der Waals surface area contributed by atoms with Crippen LogP contribution >= 0.6 is 0 Å². The van der Waals surface area contributed by atoms with E-state index in [4.69, 9.17) is 4.74 Å². The lowest BCUT2D eigenvalue weighted by Crippen LogP contribution is -2.46. The Hall–Kier alpha value is -3.50. The van der Waals surface area contributed by atoms with Gasteiger partial charge in [0.1, 0.15) is 23.2 Å². The molecule has 0 spiro atoms. The summed E-state index contributed by atoms with van der Waals surface area (Å²) in [5.41, 5.74) is -2.76. The van der Waals surface area contributed by atoms with Crippen molar-refractivity contribution in [2.75, 3.05) is 24.6 Å². The number of alkyl halides is 3. The van der Waals surface area contributed by atoms with Gasteiger partial charge in [0.25, 0.3) is 0 Å². The van der Waals surface area contributed by atoms with Crippen molar-refractivity contribution in [2.24, 2.45) is 11.8 Å². The van der Waals surface area contributed by atoms with E-state index in [1.807, 2.05) is 0 Å². The van der Waals surface area contributed by atoms with E-state index in [0.29, 0.717) is 38.4 Å². The van der Waals surface area contributed by atoms with Gasteiger partial charge in [-0.3, -0.25) is 9.36 Å². The Balaban J connectivity index is 1.66. The van der Waals surface area contributed by atoms with Crippen molar-refractivity contribution in [1.29, 1.82) is 0 Å². The van der Waals surface area contributed by atoms with E-state index in [9.17, 15) is 31.5 Å². The molecule has 1 saturated carbocycles. The number of piperidine rings is 1. The number of nitrogens with zero attached hydrogens (tertiary/aromatic N) is 3. The average molecular weight is 519 g/mol. The van der Waals surface area contributed by atoms with Crippen LogP contribution in [-0.4, -0.2) is 35.0 Å². The second-order valence-corrected chi connectivity index (χ2v) is 10.0. The minimum Gasteiger partial charge on any atom is -0.491 e. The molecule has 2 atom stereocenters. The summed E-state index contributed by atoms with van der Waals surface area (Å²) in [5.74, 6) is -2.06. The van der Waals surface area contributed by atoms with Gasteiger partial charge in [0.15, 0.2) is 5.75 Å². The maximum Gasteiger partial charge on any atom is 0.417 e. The summed E-state index contributed by atoms with van der Waals surface area (Å²) in [5, 5.41) is 0.0707. The lowest BCUT2D eigenvalue weighted by molar-refractivity contribution is -0.137. The molecule has 2 fully saturated rings. The number of anilines is 1. The number of rotatable bonds is 2. The van der Waals surface area contributed by atoms with Gasteiger partial charge in [-0.2, -0.15) is 18.2 Å². The SMILES string of the molecule is O=C1CC2CC(C1)CN(c1nc(=O)n3c4c(c(-c5ccc(F)cc5F)c(C(F)(F)F)cc14)OCCC3)C2. The number of hydrogen-bond acceptors (Lipinski definition) is 5. The average Bonchev–Trinajstić information content (AvgIpc) is 3.04. The fourth-order valence-electron chi connectivity index (χ4n) is 6.08. The molecule has 2 unspecified atom stereocenters. The van der Waals surface area contributed by atoms with Crippen LogP contribution in [0.4, 0.5) is 27.8 Å². The third-order valence-electron chi connectivity index (χ3n) is 7.43. The molecular formula is C26H22F5N3O3. The molecule has 11 heteroatoms. The normalized spacial score (nSPS) is 21.6. The molecule has 6 rings (SSSR count). The van der Waals surface area contributed by atoms with E-state index in [-0.39, 0.29) is 53.2 Å². The van der Waals surface area contributed by atoms with Crippen LogP contribution in [0.1, 0.15) is 31.2 Å². The molecule has 3 aromatic rings. The molecule has 194 valence electrons. The van der Waals surface area contributed by atoms with Gasteiger partial charge >= 0.3 is 11.9 Å². The summed E-state index contributed by atoms with van der Waals surface area (Å²) in [4.78, 5) is 31.2. The molecule has 1 aliphatic carbocycles. The summed E-state index contributed by atoms with van der Waals surface area (Å²) in [6, 6.07) is 3.23.